The molecule has 0 N–H and O–H groups in total. The number of rotatable bonds is 3. The number of nitrogens with zero attached hydrogens (tertiary/aromatic N) is 6. The highest BCUT2D eigenvalue weighted by Gasteiger charge is 2.15. The molecular formula is C12H6N6O2. The molecule has 0 unspecified atom stereocenters. The highest BCUT2D eigenvalue weighted by atomic mass is 16.5. The van der Waals surface area contributed by atoms with E-state index in [0.29, 0.717) is 11.6 Å². The molecule has 0 fully saturated rings. The monoisotopic (exact) mass is 266 g/mol. The van der Waals surface area contributed by atoms with E-state index in [1.807, 2.05) is 12.1 Å². The molecule has 0 aromatic carbocycles. The van der Waals surface area contributed by atoms with Crippen molar-refractivity contribution in [3.05, 3.63) is 42.0 Å². The van der Waals surface area contributed by atoms with Gasteiger partial charge in [0, 0.05) is 0 Å². The van der Waals surface area contributed by atoms with Gasteiger partial charge in [0.05, 0.1) is 12.6 Å². The summed E-state index contributed by atoms with van der Waals surface area (Å²) in [5.41, 5.74) is 0.225. The van der Waals surface area contributed by atoms with Crippen LogP contribution in [0.3, 0.4) is 0 Å². The molecule has 0 aliphatic heterocycles. The summed E-state index contributed by atoms with van der Waals surface area (Å²) in [6.07, 6.45) is 2.89. The summed E-state index contributed by atoms with van der Waals surface area (Å²) < 4.78 is 11.7. The van der Waals surface area contributed by atoms with Crippen LogP contribution in [0.4, 0.5) is 0 Å². The van der Waals surface area contributed by atoms with Gasteiger partial charge in [-0.1, -0.05) is 5.16 Å². The van der Waals surface area contributed by atoms with Crippen molar-refractivity contribution in [1.82, 2.24) is 19.7 Å². The van der Waals surface area contributed by atoms with Crippen LogP contribution in [0.1, 0.15) is 17.3 Å². The van der Waals surface area contributed by atoms with E-state index in [2.05, 4.69) is 15.1 Å². The van der Waals surface area contributed by atoms with Crippen molar-refractivity contribution in [2.24, 2.45) is 0 Å². The first-order valence-electron chi connectivity index (χ1n) is 5.53. The fraction of sp³-hybridized carbons (Fsp3) is 0.0833. The molecule has 3 rings (SSSR count). The van der Waals surface area contributed by atoms with E-state index in [0.717, 1.165) is 0 Å². The van der Waals surface area contributed by atoms with Crippen LogP contribution in [-0.4, -0.2) is 19.7 Å². The lowest BCUT2D eigenvalue weighted by Gasteiger charge is -1.97. The maximum absolute atomic E-state index is 9.01. The van der Waals surface area contributed by atoms with E-state index < -0.39 is 0 Å². The van der Waals surface area contributed by atoms with Crippen LogP contribution in [0.15, 0.2) is 33.7 Å². The minimum absolute atomic E-state index is 0.0678. The number of hydrogen-bond donors (Lipinski definition) is 0. The van der Waals surface area contributed by atoms with Crippen LogP contribution in [0.5, 0.6) is 0 Å². The topological polar surface area (TPSA) is 117 Å². The Morgan fingerprint density at radius 2 is 2.20 bits per heavy atom. The molecular weight excluding hydrogens is 260 g/mol. The second-order valence-corrected chi connectivity index (χ2v) is 3.78. The zero-order valence-electron chi connectivity index (χ0n) is 10.0. The molecule has 0 radical (unpaired) electrons. The van der Waals surface area contributed by atoms with Crippen molar-refractivity contribution >= 4 is 0 Å². The number of imidazole rings is 1. The van der Waals surface area contributed by atoms with E-state index >= 15 is 0 Å². The molecule has 0 amide bonds. The van der Waals surface area contributed by atoms with E-state index in [1.54, 1.807) is 12.1 Å². The molecule has 8 nitrogen and oxygen atoms in total. The maximum atomic E-state index is 9.01. The Labute approximate surface area is 112 Å². The Morgan fingerprint density at radius 1 is 1.30 bits per heavy atom. The summed E-state index contributed by atoms with van der Waals surface area (Å²) >= 11 is 0. The van der Waals surface area contributed by atoms with Gasteiger partial charge in [-0.15, -0.1) is 0 Å². The largest absolute Gasteiger partial charge is 0.461 e. The van der Waals surface area contributed by atoms with Crippen LogP contribution >= 0.6 is 0 Å². The normalized spacial score (nSPS) is 10.1. The summed E-state index contributed by atoms with van der Waals surface area (Å²) in [7, 11) is 0. The van der Waals surface area contributed by atoms with Crippen molar-refractivity contribution in [1.29, 1.82) is 10.5 Å². The summed E-state index contributed by atoms with van der Waals surface area (Å²) in [5.74, 6) is 1.10. The lowest BCUT2D eigenvalue weighted by atomic mass is 10.3. The average molecular weight is 266 g/mol. The van der Waals surface area contributed by atoms with Crippen LogP contribution in [0.25, 0.3) is 11.6 Å². The summed E-state index contributed by atoms with van der Waals surface area (Å²) in [6, 6.07) is 7.19. The zero-order chi connectivity index (χ0) is 13.9. The molecule has 0 spiro atoms. The zero-order valence-corrected chi connectivity index (χ0v) is 10.0. The van der Waals surface area contributed by atoms with Gasteiger partial charge in [-0.25, -0.2) is 4.98 Å². The lowest BCUT2D eigenvalue weighted by Crippen LogP contribution is -2.01. The predicted molar refractivity (Wildman–Crippen MR) is 62.8 cm³/mol. The third-order valence-electron chi connectivity index (χ3n) is 2.56. The standard InChI is InChI=1S/C12H6N6O2/c13-4-8-9(5-14)18(7-15-8)6-11-16-12(17-20-11)10-2-1-3-19-10/h1-3,7H,6H2. The Bertz CT molecular complexity index is 815. The highest BCUT2D eigenvalue weighted by Crippen LogP contribution is 2.16. The fourth-order valence-corrected chi connectivity index (χ4v) is 1.67. The molecule has 0 saturated carbocycles. The first-order chi connectivity index (χ1) is 9.81. The second kappa shape index (κ2) is 4.71. The minimum atomic E-state index is 0.0678. The number of hydrogen-bond acceptors (Lipinski definition) is 7. The number of furan rings is 1. The molecule has 3 aromatic heterocycles. The SMILES string of the molecule is N#Cc1ncn(Cc2nc(-c3ccco3)no2)c1C#N. The molecule has 3 aromatic rings. The smallest absolute Gasteiger partial charge is 0.247 e. The van der Waals surface area contributed by atoms with Gasteiger partial charge >= 0.3 is 0 Å². The molecule has 8 heteroatoms. The quantitative estimate of drug-likeness (QED) is 0.701. The highest BCUT2D eigenvalue weighted by molar-refractivity contribution is 5.44. The molecule has 0 aliphatic rings. The summed E-state index contributed by atoms with van der Waals surface area (Å²) in [4.78, 5) is 7.98. The van der Waals surface area contributed by atoms with Gasteiger partial charge < -0.3 is 13.5 Å². The number of aromatic nitrogens is 4. The van der Waals surface area contributed by atoms with Gasteiger partial charge in [-0.3, -0.25) is 0 Å². The van der Waals surface area contributed by atoms with Gasteiger partial charge in [0.15, 0.2) is 17.1 Å². The Kier molecular flexibility index (Phi) is 2.75. The first-order valence-corrected chi connectivity index (χ1v) is 5.53. The van der Waals surface area contributed by atoms with E-state index in [1.165, 1.54) is 17.2 Å². The van der Waals surface area contributed by atoms with Crippen molar-refractivity contribution in [3.63, 3.8) is 0 Å². The van der Waals surface area contributed by atoms with Crippen LogP contribution in [0.2, 0.25) is 0 Å². The Balaban J connectivity index is 1.88. The summed E-state index contributed by atoms with van der Waals surface area (Å²) in [6.45, 7) is 0.158. The van der Waals surface area contributed by atoms with Crippen molar-refractivity contribution in [3.8, 4) is 23.7 Å². The van der Waals surface area contributed by atoms with Gasteiger partial charge in [0.2, 0.25) is 11.7 Å². The van der Waals surface area contributed by atoms with Gasteiger partial charge in [0.25, 0.3) is 0 Å². The van der Waals surface area contributed by atoms with Crippen molar-refractivity contribution in [2.75, 3.05) is 0 Å². The molecule has 96 valence electrons. The van der Waals surface area contributed by atoms with Crippen LogP contribution in [0, 0.1) is 22.7 Å². The van der Waals surface area contributed by atoms with Gasteiger partial charge in [0.1, 0.15) is 18.7 Å². The van der Waals surface area contributed by atoms with Crippen LogP contribution in [-0.2, 0) is 6.54 Å². The molecule has 0 bridgehead atoms. The molecule has 0 saturated heterocycles. The Morgan fingerprint density at radius 3 is 2.90 bits per heavy atom. The van der Waals surface area contributed by atoms with E-state index in [-0.39, 0.29) is 23.8 Å². The van der Waals surface area contributed by atoms with Gasteiger partial charge in [-0.05, 0) is 12.1 Å². The molecule has 0 atom stereocenters. The third-order valence-corrected chi connectivity index (χ3v) is 2.56. The molecule has 0 aliphatic carbocycles. The minimum Gasteiger partial charge on any atom is -0.461 e. The van der Waals surface area contributed by atoms with E-state index in [9.17, 15) is 0 Å². The predicted octanol–water partition coefficient (Wildman–Crippen LogP) is 1.32. The van der Waals surface area contributed by atoms with E-state index in [4.69, 9.17) is 19.5 Å². The van der Waals surface area contributed by atoms with Crippen molar-refractivity contribution in [2.45, 2.75) is 6.54 Å². The fourth-order valence-electron chi connectivity index (χ4n) is 1.67. The molecule has 20 heavy (non-hydrogen) atoms. The first kappa shape index (κ1) is 11.7. The van der Waals surface area contributed by atoms with Crippen LogP contribution < -0.4 is 0 Å². The van der Waals surface area contributed by atoms with Crippen molar-refractivity contribution < 1.29 is 8.94 Å². The maximum Gasteiger partial charge on any atom is 0.247 e. The molecule has 3 heterocycles. The van der Waals surface area contributed by atoms with Gasteiger partial charge in [-0.2, -0.15) is 15.5 Å². The second-order valence-electron chi connectivity index (χ2n) is 3.78. The number of nitriles is 2. The lowest BCUT2D eigenvalue weighted by molar-refractivity contribution is 0.370. The average Bonchev–Trinajstić information content (AvgIpc) is 3.19. The third kappa shape index (κ3) is 1.91. The summed E-state index contributed by atoms with van der Waals surface area (Å²) in [5, 5.41) is 21.6. The Hall–Kier alpha value is -3.39.